The molecule has 1 aromatic carbocycles. The Hall–Kier alpha value is -2.50. The fourth-order valence-electron chi connectivity index (χ4n) is 3.07. The number of nitrogens with one attached hydrogen (secondary N) is 1. The molecule has 0 radical (unpaired) electrons. The lowest BCUT2D eigenvalue weighted by Gasteiger charge is -2.37. The van der Waals surface area contributed by atoms with Crippen molar-refractivity contribution in [2.75, 3.05) is 44.7 Å². The SMILES string of the molecule is CN=C(NCCc1cnn(C)c1)N1CCN(c2ccccc2)CC1. The van der Waals surface area contributed by atoms with E-state index >= 15 is 0 Å². The van der Waals surface area contributed by atoms with Gasteiger partial charge in [0.05, 0.1) is 6.20 Å². The van der Waals surface area contributed by atoms with Crippen molar-refractivity contribution in [2.45, 2.75) is 6.42 Å². The van der Waals surface area contributed by atoms with Crippen LogP contribution in [0.2, 0.25) is 0 Å². The Morgan fingerprint density at radius 1 is 1.17 bits per heavy atom. The topological polar surface area (TPSA) is 48.7 Å². The molecule has 0 atom stereocenters. The molecule has 2 aromatic rings. The van der Waals surface area contributed by atoms with Gasteiger partial charge in [0.15, 0.2) is 5.96 Å². The van der Waals surface area contributed by atoms with Gasteiger partial charge in [-0.15, -0.1) is 0 Å². The first-order chi connectivity index (χ1) is 11.8. The van der Waals surface area contributed by atoms with Gasteiger partial charge in [0.1, 0.15) is 0 Å². The van der Waals surface area contributed by atoms with Crippen LogP contribution in [-0.4, -0.2) is 60.4 Å². The van der Waals surface area contributed by atoms with Crippen LogP contribution in [0.25, 0.3) is 0 Å². The lowest BCUT2D eigenvalue weighted by Crippen LogP contribution is -2.52. The lowest BCUT2D eigenvalue weighted by atomic mass is 10.2. The third-order valence-electron chi connectivity index (χ3n) is 4.37. The minimum atomic E-state index is 0.872. The Morgan fingerprint density at radius 3 is 2.54 bits per heavy atom. The molecular formula is C18H26N6. The number of para-hydroxylation sites is 1. The van der Waals surface area contributed by atoms with Crippen LogP contribution in [0.15, 0.2) is 47.7 Å². The Labute approximate surface area is 143 Å². The van der Waals surface area contributed by atoms with Gasteiger partial charge in [-0.25, -0.2) is 0 Å². The molecule has 128 valence electrons. The maximum Gasteiger partial charge on any atom is 0.193 e. The minimum Gasteiger partial charge on any atom is -0.368 e. The normalized spacial score (nSPS) is 15.7. The highest BCUT2D eigenvalue weighted by Gasteiger charge is 2.19. The number of piperazine rings is 1. The monoisotopic (exact) mass is 326 g/mol. The number of hydrogen-bond acceptors (Lipinski definition) is 3. The van der Waals surface area contributed by atoms with Gasteiger partial charge in [0.2, 0.25) is 0 Å². The quantitative estimate of drug-likeness (QED) is 0.681. The summed E-state index contributed by atoms with van der Waals surface area (Å²) < 4.78 is 1.84. The number of rotatable bonds is 4. The summed E-state index contributed by atoms with van der Waals surface area (Å²) in [6, 6.07) is 10.6. The van der Waals surface area contributed by atoms with Crippen LogP contribution in [0.3, 0.4) is 0 Å². The molecule has 6 nitrogen and oxygen atoms in total. The number of aromatic nitrogens is 2. The van der Waals surface area contributed by atoms with E-state index in [1.807, 2.05) is 25.0 Å². The standard InChI is InChI=1S/C18H26N6/c1-19-18(20-9-8-16-14-21-22(2)15-16)24-12-10-23(11-13-24)17-6-4-3-5-7-17/h3-7,14-15H,8-13H2,1-2H3,(H,19,20). The molecule has 3 rings (SSSR count). The number of benzene rings is 1. The highest BCUT2D eigenvalue weighted by molar-refractivity contribution is 5.80. The van der Waals surface area contributed by atoms with Crippen LogP contribution in [0, 0.1) is 0 Å². The molecule has 2 heterocycles. The van der Waals surface area contributed by atoms with Gasteiger partial charge in [-0.1, -0.05) is 18.2 Å². The zero-order chi connectivity index (χ0) is 16.8. The van der Waals surface area contributed by atoms with Crippen molar-refractivity contribution < 1.29 is 0 Å². The molecule has 1 aliphatic rings. The molecule has 0 amide bonds. The van der Waals surface area contributed by atoms with Gasteiger partial charge >= 0.3 is 0 Å². The molecule has 6 heteroatoms. The van der Waals surface area contributed by atoms with Gasteiger partial charge in [0, 0.05) is 58.7 Å². The fourth-order valence-corrected chi connectivity index (χ4v) is 3.07. The Balaban J connectivity index is 1.47. The molecule has 1 fully saturated rings. The highest BCUT2D eigenvalue weighted by Crippen LogP contribution is 2.15. The van der Waals surface area contributed by atoms with Gasteiger partial charge in [-0.3, -0.25) is 9.67 Å². The van der Waals surface area contributed by atoms with E-state index in [4.69, 9.17) is 0 Å². The smallest absolute Gasteiger partial charge is 0.193 e. The van der Waals surface area contributed by atoms with E-state index in [-0.39, 0.29) is 0 Å². The van der Waals surface area contributed by atoms with E-state index in [0.29, 0.717) is 0 Å². The third kappa shape index (κ3) is 4.07. The van der Waals surface area contributed by atoms with Crippen LogP contribution < -0.4 is 10.2 Å². The first-order valence-corrected chi connectivity index (χ1v) is 8.49. The van der Waals surface area contributed by atoms with Gasteiger partial charge < -0.3 is 15.1 Å². The second-order valence-electron chi connectivity index (χ2n) is 6.06. The van der Waals surface area contributed by atoms with Crippen molar-refractivity contribution in [3.05, 3.63) is 48.3 Å². The predicted octanol–water partition coefficient (Wildman–Crippen LogP) is 1.36. The molecule has 1 aromatic heterocycles. The number of aryl methyl sites for hydroxylation is 1. The van der Waals surface area contributed by atoms with Crippen molar-refractivity contribution in [1.29, 1.82) is 0 Å². The maximum absolute atomic E-state index is 4.44. The van der Waals surface area contributed by atoms with Gasteiger partial charge in [0.25, 0.3) is 0 Å². The molecule has 1 saturated heterocycles. The van der Waals surface area contributed by atoms with Gasteiger partial charge in [-0.05, 0) is 24.1 Å². The van der Waals surface area contributed by atoms with E-state index in [1.165, 1.54) is 11.3 Å². The Kier molecular flexibility index (Phi) is 5.36. The summed E-state index contributed by atoms with van der Waals surface area (Å²) in [5.41, 5.74) is 2.55. The first kappa shape index (κ1) is 16.4. The molecule has 1 N–H and O–H groups in total. The summed E-state index contributed by atoms with van der Waals surface area (Å²) >= 11 is 0. The van der Waals surface area contributed by atoms with E-state index in [1.54, 1.807) is 0 Å². The summed E-state index contributed by atoms with van der Waals surface area (Å²) in [4.78, 5) is 9.20. The Morgan fingerprint density at radius 2 is 1.92 bits per heavy atom. The Bertz CT molecular complexity index is 655. The zero-order valence-corrected chi connectivity index (χ0v) is 14.5. The highest BCUT2D eigenvalue weighted by atomic mass is 15.3. The van der Waals surface area contributed by atoms with Crippen molar-refractivity contribution in [3.8, 4) is 0 Å². The zero-order valence-electron chi connectivity index (χ0n) is 14.5. The van der Waals surface area contributed by atoms with Crippen LogP contribution in [0.4, 0.5) is 5.69 Å². The van der Waals surface area contributed by atoms with E-state index in [2.05, 4.69) is 61.7 Å². The average Bonchev–Trinajstić information content (AvgIpc) is 3.05. The number of hydrogen-bond donors (Lipinski definition) is 1. The molecule has 0 bridgehead atoms. The summed E-state index contributed by atoms with van der Waals surface area (Å²) in [6.07, 6.45) is 4.93. The number of guanidine groups is 1. The number of anilines is 1. The minimum absolute atomic E-state index is 0.872. The first-order valence-electron chi connectivity index (χ1n) is 8.49. The number of aliphatic imine (C=N–C) groups is 1. The van der Waals surface area contributed by atoms with Crippen LogP contribution in [-0.2, 0) is 13.5 Å². The molecule has 1 aliphatic heterocycles. The molecule has 24 heavy (non-hydrogen) atoms. The molecular weight excluding hydrogens is 300 g/mol. The summed E-state index contributed by atoms with van der Waals surface area (Å²) in [5.74, 6) is 0.992. The van der Waals surface area contributed by atoms with E-state index in [0.717, 1.165) is 45.1 Å². The fraction of sp³-hybridized carbons (Fsp3) is 0.444. The van der Waals surface area contributed by atoms with Crippen LogP contribution in [0.1, 0.15) is 5.56 Å². The maximum atomic E-state index is 4.44. The van der Waals surface area contributed by atoms with E-state index < -0.39 is 0 Å². The van der Waals surface area contributed by atoms with Crippen LogP contribution >= 0.6 is 0 Å². The number of nitrogens with zero attached hydrogens (tertiary/aromatic N) is 5. The van der Waals surface area contributed by atoms with Crippen molar-refractivity contribution in [3.63, 3.8) is 0 Å². The molecule has 0 aliphatic carbocycles. The average molecular weight is 326 g/mol. The third-order valence-corrected chi connectivity index (χ3v) is 4.37. The van der Waals surface area contributed by atoms with Crippen LogP contribution in [0.5, 0.6) is 0 Å². The van der Waals surface area contributed by atoms with Crippen molar-refractivity contribution in [2.24, 2.45) is 12.0 Å². The predicted molar refractivity (Wildman–Crippen MR) is 98.5 cm³/mol. The molecule has 0 saturated carbocycles. The molecule has 0 spiro atoms. The van der Waals surface area contributed by atoms with Gasteiger partial charge in [-0.2, -0.15) is 5.10 Å². The van der Waals surface area contributed by atoms with Crippen molar-refractivity contribution in [1.82, 2.24) is 20.0 Å². The summed E-state index contributed by atoms with van der Waals surface area (Å²) in [7, 11) is 3.80. The molecule has 0 unspecified atom stereocenters. The lowest BCUT2D eigenvalue weighted by molar-refractivity contribution is 0.373. The second-order valence-corrected chi connectivity index (χ2v) is 6.06. The second kappa shape index (κ2) is 7.86. The van der Waals surface area contributed by atoms with E-state index in [9.17, 15) is 0 Å². The summed E-state index contributed by atoms with van der Waals surface area (Å²) in [6.45, 7) is 4.89. The van der Waals surface area contributed by atoms with Crippen molar-refractivity contribution >= 4 is 11.6 Å². The largest absolute Gasteiger partial charge is 0.368 e. The summed E-state index contributed by atoms with van der Waals surface area (Å²) in [5, 5.41) is 7.68.